The molecule has 7 heteroatoms. The van der Waals surface area contributed by atoms with Gasteiger partial charge in [-0.25, -0.2) is 4.98 Å². The fourth-order valence-electron chi connectivity index (χ4n) is 2.28. The molecule has 0 amide bonds. The molecule has 0 unspecified atom stereocenters. The highest BCUT2D eigenvalue weighted by molar-refractivity contribution is 7.09. The normalized spacial score (nSPS) is 15.3. The van der Waals surface area contributed by atoms with E-state index in [1.54, 1.807) is 31.2 Å². The Kier molecular flexibility index (Phi) is 3.07. The number of benzene rings is 1. The van der Waals surface area contributed by atoms with Crippen molar-refractivity contribution >= 4 is 22.2 Å². The van der Waals surface area contributed by atoms with Crippen molar-refractivity contribution in [3.8, 4) is 0 Å². The average Bonchev–Trinajstić information content (AvgIpc) is 3.03. The van der Waals surface area contributed by atoms with E-state index in [1.807, 2.05) is 0 Å². The van der Waals surface area contributed by atoms with Crippen LogP contribution in [0.4, 0.5) is 13.2 Å². The zero-order valence-corrected chi connectivity index (χ0v) is 11.7. The van der Waals surface area contributed by atoms with Crippen LogP contribution in [0.15, 0.2) is 35.8 Å². The standard InChI is InChI=1S/C14H11F3N2OS/c1-8-7-21-12(19-8)13(20,14(15,16)17)10-6-18-11-5-3-2-4-9(10)11/h2-7,18,20H,1H3/t13-/m0/s1. The summed E-state index contributed by atoms with van der Waals surface area (Å²) >= 11 is 0.795. The van der Waals surface area contributed by atoms with Gasteiger partial charge in [-0.15, -0.1) is 11.3 Å². The maximum atomic E-state index is 13.6. The number of halogens is 3. The van der Waals surface area contributed by atoms with E-state index in [4.69, 9.17) is 0 Å². The van der Waals surface area contributed by atoms with Gasteiger partial charge in [0.05, 0.1) is 0 Å². The topological polar surface area (TPSA) is 48.9 Å². The van der Waals surface area contributed by atoms with Gasteiger partial charge in [0.1, 0.15) is 5.01 Å². The van der Waals surface area contributed by atoms with Gasteiger partial charge in [-0.3, -0.25) is 0 Å². The summed E-state index contributed by atoms with van der Waals surface area (Å²) < 4.78 is 40.8. The Balaban J connectivity index is 2.31. The predicted molar refractivity (Wildman–Crippen MR) is 74.2 cm³/mol. The summed E-state index contributed by atoms with van der Waals surface area (Å²) in [6, 6.07) is 6.54. The SMILES string of the molecule is Cc1csc([C@@](O)(c2c[nH]c3ccccc23)C(F)(F)F)n1. The third-order valence-corrected chi connectivity index (χ3v) is 4.39. The summed E-state index contributed by atoms with van der Waals surface area (Å²) in [5.41, 5.74) is -2.38. The minimum atomic E-state index is -4.87. The van der Waals surface area contributed by atoms with Crippen molar-refractivity contribution in [3.63, 3.8) is 0 Å². The first kappa shape index (κ1) is 14.1. The van der Waals surface area contributed by atoms with E-state index in [0.29, 0.717) is 16.6 Å². The molecule has 0 aliphatic heterocycles. The lowest BCUT2D eigenvalue weighted by molar-refractivity contribution is -0.247. The lowest BCUT2D eigenvalue weighted by atomic mass is 9.93. The Hall–Kier alpha value is -1.86. The molecular weight excluding hydrogens is 301 g/mol. The average molecular weight is 312 g/mol. The maximum Gasteiger partial charge on any atom is 0.428 e. The number of para-hydroxylation sites is 1. The first-order valence-corrected chi connectivity index (χ1v) is 7.00. The smallest absolute Gasteiger partial charge is 0.370 e. The van der Waals surface area contributed by atoms with Crippen LogP contribution in [0.5, 0.6) is 0 Å². The molecule has 0 aliphatic carbocycles. The molecule has 0 fully saturated rings. The van der Waals surface area contributed by atoms with E-state index in [-0.39, 0.29) is 10.6 Å². The number of aryl methyl sites for hydroxylation is 1. The summed E-state index contributed by atoms with van der Waals surface area (Å²) in [6.07, 6.45) is -3.68. The van der Waals surface area contributed by atoms with Gasteiger partial charge in [-0.1, -0.05) is 18.2 Å². The van der Waals surface area contributed by atoms with Gasteiger partial charge in [-0.2, -0.15) is 13.2 Å². The Bertz CT molecular complexity index is 793. The number of nitrogens with zero attached hydrogens (tertiary/aromatic N) is 1. The van der Waals surface area contributed by atoms with Crippen molar-refractivity contribution in [1.82, 2.24) is 9.97 Å². The van der Waals surface area contributed by atoms with Crippen molar-refractivity contribution in [2.45, 2.75) is 18.7 Å². The van der Waals surface area contributed by atoms with Crippen molar-refractivity contribution in [2.75, 3.05) is 0 Å². The third kappa shape index (κ3) is 2.04. The molecule has 110 valence electrons. The highest BCUT2D eigenvalue weighted by atomic mass is 32.1. The Morgan fingerprint density at radius 1 is 1.24 bits per heavy atom. The summed E-state index contributed by atoms with van der Waals surface area (Å²) in [6.45, 7) is 1.59. The van der Waals surface area contributed by atoms with Crippen LogP contribution < -0.4 is 0 Å². The van der Waals surface area contributed by atoms with Crippen LogP contribution >= 0.6 is 11.3 Å². The molecule has 0 radical (unpaired) electrons. The lowest BCUT2D eigenvalue weighted by Crippen LogP contribution is -2.43. The second kappa shape index (κ2) is 4.57. The third-order valence-electron chi connectivity index (χ3n) is 3.32. The number of aromatic amines is 1. The molecule has 0 bridgehead atoms. The zero-order chi connectivity index (χ0) is 15.3. The van der Waals surface area contributed by atoms with Crippen LogP contribution in [-0.4, -0.2) is 21.3 Å². The van der Waals surface area contributed by atoms with Crippen LogP contribution in [-0.2, 0) is 5.60 Å². The van der Waals surface area contributed by atoms with Crippen molar-refractivity contribution in [3.05, 3.63) is 52.1 Å². The van der Waals surface area contributed by atoms with E-state index in [1.165, 1.54) is 11.6 Å². The van der Waals surface area contributed by atoms with Crippen LogP contribution in [0.3, 0.4) is 0 Å². The van der Waals surface area contributed by atoms with Crippen molar-refractivity contribution in [2.24, 2.45) is 0 Å². The summed E-state index contributed by atoms with van der Waals surface area (Å²) in [5, 5.41) is 11.9. The van der Waals surface area contributed by atoms with Crippen LogP contribution in [0.1, 0.15) is 16.3 Å². The Morgan fingerprint density at radius 3 is 2.57 bits per heavy atom. The largest absolute Gasteiger partial charge is 0.428 e. The number of alkyl halides is 3. The number of thiazole rings is 1. The number of hydrogen-bond acceptors (Lipinski definition) is 3. The second-order valence-corrected chi connectivity index (χ2v) is 5.61. The number of fused-ring (bicyclic) bond motifs is 1. The number of hydrogen-bond donors (Lipinski definition) is 2. The van der Waals surface area contributed by atoms with Gasteiger partial charge in [-0.05, 0) is 13.0 Å². The lowest BCUT2D eigenvalue weighted by Gasteiger charge is -2.28. The van der Waals surface area contributed by atoms with E-state index in [9.17, 15) is 18.3 Å². The van der Waals surface area contributed by atoms with Gasteiger partial charge in [0.2, 0.25) is 5.60 Å². The highest BCUT2D eigenvalue weighted by Crippen LogP contribution is 2.47. The van der Waals surface area contributed by atoms with Crippen molar-refractivity contribution < 1.29 is 18.3 Å². The molecule has 2 aromatic heterocycles. The van der Waals surface area contributed by atoms with Gasteiger partial charge >= 0.3 is 6.18 Å². The molecule has 3 nitrogen and oxygen atoms in total. The zero-order valence-electron chi connectivity index (χ0n) is 10.9. The molecule has 1 aromatic carbocycles. The first-order valence-electron chi connectivity index (χ1n) is 6.12. The minimum Gasteiger partial charge on any atom is -0.370 e. The quantitative estimate of drug-likeness (QED) is 0.757. The second-order valence-electron chi connectivity index (χ2n) is 4.75. The predicted octanol–water partition coefficient (Wildman–Crippen LogP) is 3.73. The van der Waals surface area contributed by atoms with Crippen molar-refractivity contribution in [1.29, 1.82) is 0 Å². The number of H-pyrrole nitrogens is 1. The molecule has 3 rings (SSSR count). The number of aliphatic hydroxyl groups is 1. The van der Waals surface area contributed by atoms with E-state index < -0.39 is 11.8 Å². The van der Waals surface area contributed by atoms with Gasteiger partial charge < -0.3 is 10.1 Å². The van der Waals surface area contributed by atoms with Gasteiger partial charge in [0.15, 0.2) is 0 Å². The molecule has 0 saturated carbocycles. The maximum absolute atomic E-state index is 13.6. The fourth-order valence-corrected chi connectivity index (χ4v) is 3.21. The van der Waals surface area contributed by atoms with E-state index >= 15 is 0 Å². The van der Waals surface area contributed by atoms with E-state index in [0.717, 1.165) is 11.3 Å². The highest BCUT2D eigenvalue weighted by Gasteiger charge is 2.59. The molecule has 0 aliphatic rings. The summed E-state index contributed by atoms with van der Waals surface area (Å²) in [4.78, 5) is 6.61. The summed E-state index contributed by atoms with van der Waals surface area (Å²) in [5.74, 6) is 0. The summed E-state index contributed by atoms with van der Waals surface area (Å²) in [7, 11) is 0. The minimum absolute atomic E-state index is 0.236. The molecule has 3 aromatic rings. The van der Waals surface area contributed by atoms with Crippen LogP contribution in [0.2, 0.25) is 0 Å². The monoisotopic (exact) mass is 312 g/mol. The number of nitrogens with one attached hydrogen (secondary N) is 1. The Labute approximate surface area is 122 Å². The fraction of sp³-hybridized carbons (Fsp3) is 0.214. The molecule has 0 saturated heterocycles. The first-order chi connectivity index (χ1) is 9.84. The molecular formula is C14H11F3N2OS. The van der Waals surface area contributed by atoms with Gasteiger partial charge in [0.25, 0.3) is 0 Å². The van der Waals surface area contributed by atoms with E-state index in [2.05, 4.69) is 9.97 Å². The number of aromatic nitrogens is 2. The Morgan fingerprint density at radius 2 is 1.95 bits per heavy atom. The van der Waals surface area contributed by atoms with Crippen LogP contribution in [0.25, 0.3) is 10.9 Å². The van der Waals surface area contributed by atoms with Crippen LogP contribution in [0, 0.1) is 6.92 Å². The molecule has 1 atom stereocenters. The molecule has 21 heavy (non-hydrogen) atoms. The number of rotatable bonds is 2. The van der Waals surface area contributed by atoms with Gasteiger partial charge in [0, 0.05) is 33.7 Å². The molecule has 2 heterocycles. The molecule has 0 spiro atoms. The molecule has 2 N–H and O–H groups in total.